The van der Waals surface area contributed by atoms with Crippen LogP contribution < -0.4 is 10.0 Å². The summed E-state index contributed by atoms with van der Waals surface area (Å²) in [6.07, 6.45) is 1.62. The highest BCUT2D eigenvalue weighted by atomic mass is 32.2. The molecule has 1 aromatic heterocycles. The van der Waals surface area contributed by atoms with Gasteiger partial charge in [-0.1, -0.05) is 20.8 Å². The van der Waals surface area contributed by atoms with E-state index >= 15 is 0 Å². The Morgan fingerprint density at radius 3 is 2.44 bits per heavy atom. The Hall–Kier alpha value is -0.430. The van der Waals surface area contributed by atoms with Crippen molar-refractivity contribution in [2.75, 3.05) is 6.54 Å². The second-order valence-corrected chi connectivity index (χ2v) is 7.24. The molecule has 1 aromatic rings. The van der Waals surface area contributed by atoms with Crippen molar-refractivity contribution in [2.45, 2.75) is 50.4 Å². The number of hydrogen-bond acceptors (Lipinski definition) is 4. The molecule has 0 aliphatic heterocycles. The summed E-state index contributed by atoms with van der Waals surface area (Å²) in [4.78, 5) is 1.04. The highest BCUT2D eigenvalue weighted by Gasteiger charge is 2.19. The van der Waals surface area contributed by atoms with Crippen LogP contribution in [0.3, 0.4) is 0 Å². The average Bonchev–Trinajstić information content (AvgIpc) is 2.83. The van der Waals surface area contributed by atoms with Gasteiger partial charge in [-0.05, 0) is 31.5 Å². The van der Waals surface area contributed by atoms with Crippen molar-refractivity contribution in [1.29, 1.82) is 0 Å². The lowest BCUT2D eigenvalue weighted by Gasteiger charge is -2.13. The molecule has 0 saturated heterocycles. The summed E-state index contributed by atoms with van der Waals surface area (Å²) < 4.78 is 27.4. The normalized spacial score (nSPS) is 12.2. The van der Waals surface area contributed by atoms with Gasteiger partial charge < -0.3 is 5.32 Å². The van der Waals surface area contributed by atoms with Crippen LogP contribution in [0.5, 0.6) is 0 Å². The Balaban J connectivity index is 2.75. The second-order valence-electron chi connectivity index (χ2n) is 4.14. The summed E-state index contributed by atoms with van der Waals surface area (Å²) in [6, 6.07) is 3.57. The van der Waals surface area contributed by atoms with E-state index in [1.807, 2.05) is 26.8 Å². The molecule has 0 radical (unpaired) electrons. The molecule has 18 heavy (non-hydrogen) atoms. The first kappa shape index (κ1) is 15.6. The highest BCUT2D eigenvalue weighted by Crippen LogP contribution is 2.22. The minimum absolute atomic E-state index is 0.0225. The van der Waals surface area contributed by atoms with Crippen molar-refractivity contribution in [3.8, 4) is 0 Å². The van der Waals surface area contributed by atoms with Gasteiger partial charge in [0.25, 0.3) is 0 Å². The largest absolute Gasteiger partial charge is 0.312 e. The van der Waals surface area contributed by atoms with E-state index in [2.05, 4.69) is 10.0 Å². The first-order valence-corrected chi connectivity index (χ1v) is 8.65. The van der Waals surface area contributed by atoms with E-state index in [1.54, 1.807) is 6.07 Å². The average molecular weight is 290 g/mol. The molecule has 2 N–H and O–H groups in total. The molecule has 0 aromatic carbocycles. The summed E-state index contributed by atoms with van der Waals surface area (Å²) in [5, 5.41) is 3.19. The molecule has 6 heteroatoms. The van der Waals surface area contributed by atoms with Gasteiger partial charge in [0, 0.05) is 17.5 Å². The lowest BCUT2D eigenvalue weighted by Crippen LogP contribution is -2.33. The Labute approximate surface area is 114 Å². The summed E-state index contributed by atoms with van der Waals surface area (Å²) in [5.74, 6) is 0. The Kier molecular flexibility index (Phi) is 6.28. The maximum absolute atomic E-state index is 12.1. The topological polar surface area (TPSA) is 58.2 Å². The van der Waals surface area contributed by atoms with Crippen molar-refractivity contribution in [1.82, 2.24) is 10.0 Å². The molecular formula is C12H22N2O2S2. The predicted octanol–water partition coefficient (Wildman–Crippen LogP) is 2.32. The maximum Gasteiger partial charge on any atom is 0.250 e. The molecule has 1 heterocycles. The summed E-state index contributed by atoms with van der Waals surface area (Å²) in [5.41, 5.74) is 0. The van der Waals surface area contributed by atoms with Gasteiger partial charge in [-0.15, -0.1) is 11.3 Å². The molecule has 4 nitrogen and oxygen atoms in total. The van der Waals surface area contributed by atoms with Gasteiger partial charge in [0.05, 0.1) is 0 Å². The first-order chi connectivity index (χ1) is 8.53. The summed E-state index contributed by atoms with van der Waals surface area (Å²) in [6.45, 7) is 7.61. The van der Waals surface area contributed by atoms with Crippen LogP contribution in [0.2, 0.25) is 0 Å². The lowest BCUT2D eigenvalue weighted by atomic mass is 10.2. The molecule has 0 saturated carbocycles. The molecule has 0 atom stereocenters. The van der Waals surface area contributed by atoms with Crippen LogP contribution in [0.15, 0.2) is 16.3 Å². The van der Waals surface area contributed by atoms with E-state index in [4.69, 9.17) is 0 Å². The van der Waals surface area contributed by atoms with E-state index in [0.29, 0.717) is 4.21 Å². The smallest absolute Gasteiger partial charge is 0.250 e. The van der Waals surface area contributed by atoms with Gasteiger partial charge in [-0.2, -0.15) is 0 Å². The van der Waals surface area contributed by atoms with E-state index < -0.39 is 10.0 Å². The van der Waals surface area contributed by atoms with Gasteiger partial charge in [-0.25, -0.2) is 13.1 Å². The fraction of sp³-hybridized carbons (Fsp3) is 0.667. The van der Waals surface area contributed by atoms with Crippen LogP contribution in [0, 0.1) is 0 Å². The van der Waals surface area contributed by atoms with Crippen molar-refractivity contribution in [2.24, 2.45) is 0 Å². The minimum Gasteiger partial charge on any atom is -0.312 e. The summed E-state index contributed by atoms with van der Waals surface area (Å²) >= 11 is 1.33. The fourth-order valence-electron chi connectivity index (χ4n) is 1.58. The van der Waals surface area contributed by atoms with Crippen molar-refractivity contribution in [3.05, 3.63) is 17.0 Å². The zero-order chi connectivity index (χ0) is 13.6. The number of hydrogen-bond donors (Lipinski definition) is 2. The number of thiophene rings is 1. The SMILES string of the molecule is CCNCc1ccc(S(=O)(=O)NC(CC)CC)s1. The van der Waals surface area contributed by atoms with Crippen molar-refractivity contribution in [3.63, 3.8) is 0 Å². The zero-order valence-electron chi connectivity index (χ0n) is 11.2. The second kappa shape index (κ2) is 7.23. The molecular weight excluding hydrogens is 268 g/mol. The Morgan fingerprint density at radius 2 is 1.89 bits per heavy atom. The molecule has 0 unspecified atom stereocenters. The molecule has 0 bridgehead atoms. The van der Waals surface area contributed by atoms with E-state index in [-0.39, 0.29) is 6.04 Å². The molecule has 0 fully saturated rings. The van der Waals surface area contributed by atoms with Crippen LogP contribution in [-0.4, -0.2) is 21.0 Å². The van der Waals surface area contributed by atoms with Gasteiger partial charge in [0.2, 0.25) is 10.0 Å². The molecule has 0 aliphatic carbocycles. The van der Waals surface area contributed by atoms with Crippen molar-refractivity contribution < 1.29 is 8.42 Å². The highest BCUT2D eigenvalue weighted by molar-refractivity contribution is 7.91. The number of rotatable bonds is 8. The maximum atomic E-state index is 12.1. The third-order valence-corrected chi connectivity index (χ3v) is 5.86. The predicted molar refractivity (Wildman–Crippen MR) is 76.4 cm³/mol. The van der Waals surface area contributed by atoms with Gasteiger partial charge in [0.15, 0.2) is 0 Å². The molecule has 104 valence electrons. The third kappa shape index (κ3) is 4.35. The van der Waals surface area contributed by atoms with Crippen LogP contribution in [-0.2, 0) is 16.6 Å². The van der Waals surface area contributed by atoms with Crippen molar-refractivity contribution >= 4 is 21.4 Å². The zero-order valence-corrected chi connectivity index (χ0v) is 12.8. The van der Waals surface area contributed by atoms with Crippen LogP contribution >= 0.6 is 11.3 Å². The molecule has 0 spiro atoms. The van der Waals surface area contributed by atoms with E-state index in [0.717, 1.165) is 30.8 Å². The number of sulfonamides is 1. The molecule has 0 aliphatic rings. The van der Waals surface area contributed by atoms with Crippen LogP contribution in [0.25, 0.3) is 0 Å². The Morgan fingerprint density at radius 1 is 1.22 bits per heavy atom. The Bertz CT molecular complexity index is 450. The van der Waals surface area contributed by atoms with Gasteiger partial charge >= 0.3 is 0 Å². The van der Waals surface area contributed by atoms with Gasteiger partial charge in [-0.3, -0.25) is 0 Å². The first-order valence-electron chi connectivity index (χ1n) is 6.35. The lowest BCUT2D eigenvalue weighted by molar-refractivity contribution is 0.531. The quantitative estimate of drug-likeness (QED) is 0.772. The van der Waals surface area contributed by atoms with E-state index in [1.165, 1.54) is 11.3 Å². The van der Waals surface area contributed by atoms with Crippen LogP contribution in [0.1, 0.15) is 38.5 Å². The van der Waals surface area contributed by atoms with E-state index in [9.17, 15) is 8.42 Å². The fourth-order valence-corrected chi connectivity index (χ4v) is 4.32. The minimum atomic E-state index is -3.35. The standard InChI is InChI=1S/C12H22N2O2S2/c1-4-10(5-2)14-18(15,16)12-8-7-11(17-12)9-13-6-3/h7-8,10,13-14H,4-6,9H2,1-3H3. The molecule has 0 amide bonds. The molecule has 1 rings (SSSR count). The third-order valence-electron chi connectivity index (χ3n) is 2.76. The van der Waals surface area contributed by atoms with Gasteiger partial charge in [0.1, 0.15) is 4.21 Å². The summed E-state index contributed by atoms with van der Waals surface area (Å²) in [7, 11) is -3.35. The number of nitrogens with one attached hydrogen (secondary N) is 2. The monoisotopic (exact) mass is 290 g/mol. The van der Waals surface area contributed by atoms with Crippen LogP contribution in [0.4, 0.5) is 0 Å².